The first-order chi connectivity index (χ1) is 20.9. The monoisotopic (exact) mass is 603 g/mol. The number of para-hydroxylation sites is 2. The number of carbonyl (C=O) groups is 1. The third-order valence-electron chi connectivity index (χ3n) is 9.18. The Kier molecular flexibility index (Phi) is 7.89. The van der Waals surface area contributed by atoms with Crippen LogP contribution in [0.25, 0.3) is 16.6 Å². The van der Waals surface area contributed by atoms with Gasteiger partial charge < -0.3 is 9.47 Å². The van der Waals surface area contributed by atoms with E-state index in [0.717, 1.165) is 53.3 Å². The molecular formula is C36H37F4N3O. The van der Waals surface area contributed by atoms with Gasteiger partial charge in [0.25, 0.3) is 11.8 Å². The second-order valence-electron chi connectivity index (χ2n) is 12.5. The summed E-state index contributed by atoms with van der Waals surface area (Å²) in [7, 11) is 0. The van der Waals surface area contributed by atoms with E-state index in [-0.39, 0.29) is 36.1 Å². The van der Waals surface area contributed by atoms with Crippen LogP contribution >= 0.6 is 0 Å². The lowest BCUT2D eigenvalue weighted by Crippen LogP contribution is -2.39. The number of fused-ring (bicyclic) bond motifs is 1. The maximum atomic E-state index is 14.0. The van der Waals surface area contributed by atoms with E-state index < -0.39 is 11.8 Å². The Bertz CT molecular complexity index is 1720. The molecule has 1 saturated carbocycles. The number of alkyl halides is 4. The summed E-state index contributed by atoms with van der Waals surface area (Å²) in [6, 6.07) is 19.9. The quantitative estimate of drug-likeness (QED) is 0.198. The molecular weight excluding hydrogens is 566 g/mol. The SMILES string of the molecule is C/C=C(/c1cccc(C(C)(F)F)c1)c1ccc(C(=O)N2CCC(c3nc4ccccc4n3CC3CC(F)(F)C3)CC2)cc1C. The van der Waals surface area contributed by atoms with Crippen LogP contribution in [0, 0.1) is 12.8 Å². The maximum Gasteiger partial charge on any atom is 0.270 e. The van der Waals surface area contributed by atoms with Crippen LogP contribution in [0.3, 0.4) is 0 Å². The number of amides is 1. The minimum Gasteiger partial charge on any atom is -0.339 e. The molecule has 2 aliphatic rings. The van der Waals surface area contributed by atoms with Gasteiger partial charge in [-0.25, -0.2) is 22.5 Å². The van der Waals surface area contributed by atoms with Crippen molar-refractivity contribution < 1.29 is 22.4 Å². The molecule has 1 aliphatic carbocycles. The van der Waals surface area contributed by atoms with Crippen molar-refractivity contribution in [1.29, 1.82) is 0 Å². The van der Waals surface area contributed by atoms with Crippen molar-refractivity contribution in [3.05, 3.63) is 106 Å². The zero-order valence-electron chi connectivity index (χ0n) is 25.3. The molecule has 4 aromatic rings. The van der Waals surface area contributed by atoms with Gasteiger partial charge in [-0.3, -0.25) is 4.79 Å². The van der Waals surface area contributed by atoms with Gasteiger partial charge >= 0.3 is 0 Å². The molecule has 4 nitrogen and oxygen atoms in total. The smallest absolute Gasteiger partial charge is 0.270 e. The van der Waals surface area contributed by atoms with E-state index in [2.05, 4.69) is 4.57 Å². The number of likely N-dealkylation sites (tertiary alicyclic amines) is 1. The van der Waals surface area contributed by atoms with Crippen LogP contribution in [0.1, 0.15) is 83.9 Å². The molecule has 0 radical (unpaired) electrons. The molecule has 1 aromatic heterocycles. The molecule has 0 N–H and O–H groups in total. The number of imidazole rings is 1. The zero-order valence-corrected chi connectivity index (χ0v) is 25.3. The Morgan fingerprint density at radius 3 is 2.39 bits per heavy atom. The first-order valence-electron chi connectivity index (χ1n) is 15.3. The average Bonchev–Trinajstić information content (AvgIpc) is 3.35. The van der Waals surface area contributed by atoms with Crippen molar-refractivity contribution in [2.75, 3.05) is 13.1 Å². The summed E-state index contributed by atoms with van der Waals surface area (Å²) < 4.78 is 57.3. The molecule has 1 aliphatic heterocycles. The van der Waals surface area contributed by atoms with E-state index in [1.165, 1.54) is 12.1 Å². The number of carbonyl (C=O) groups excluding carboxylic acids is 1. The molecule has 0 spiro atoms. The highest BCUT2D eigenvalue weighted by molar-refractivity contribution is 5.95. The first kappa shape index (κ1) is 30.1. The van der Waals surface area contributed by atoms with E-state index in [1.54, 1.807) is 6.07 Å². The lowest BCUT2D eigenvalue weighted by Gasteiger charge is -2.36. The van der Waals surface area contributed by atoms with E-state index >= 15 is 0 Å². The molecule has 2 fully saturated rings. The summed E-state index contributed by atoms with van der Waals surface area (Å²) in [6.07, 6.45) is 3.23. The molecule has 44 heavy (non-hydrogen) atoms. The summed E-state index contributed by atoms with van der Waals surface area (Å²) >= 11 is 0. The topological polar surface area (TPSA) is 38.1 Å². The molecule has 1 saturated heterocycles. The van der Waals surface area contributed by atoms with E-state index in [4.69, 9.17) is 4.98 Å². The minimum absolute atomic E-state index is 0.0395. The third kappa shape index (κ3) is 5.91. The van der Waals surface area contributed by atoms with Crippen LogP contribution in [0.4, 0.5) is 17.6 Å². The molecule has 0 atom stereocenters. The minimum atomic E-state index is -2.94. The standard InChI is InChI=1S/C36H37F4N3O/c1-4-29(26-8-7-9-28(19-26)35(3,37)38)30-13-12-27(18-23(30)2)34(44)42-16-14-25(15-17-42)33-41-31-10-5-6-11-32(31)43(33)22-24-20-36(39,40)21-24/h4-13,18-19,24-25H,14-17,20-22H2,1-3H3/b29-4-. The number of nitrogens with zero attached hydrogens (tertiary/aromatic N) is 3. The molecule has 2 heterocycles. The normalized spacial score (nSPS) is 18.1. The number of halogens is 4. The number of aryl methyl sites for hydroxylation is 1. The number of allylic oxidation sites excluding steroid dienone is 1. The Hall–Kier alpha value is -3.94. The van der Waals surface area contributed by atoms with Crippen LogP contribution in [0.2, 0.25) is 0 Å². The van der Waals surface area contributed by atoms with Gasteiger partial charge in [-0.2, -0.15) is 0 Å². The second kappa shape index (κ2) is 11.5. The van der Waals surface area contributed by atoms with Crippen LogP contribution < -0.4 is 0 Å². The van der Waals surface area contributed by atoms with Crippen LogP contribution in [-0.4, -0.2) is 39.4 Å². The van der Waals surface area contributed by atoms with Gasteiger partial charge in [0, 0.05) is 56.4 Å². The fourth-order valence-corrected chi connectivity index (χ4v) is 6.83. The lowest BCUT2D eigenvalue weighted by atomic mass is 9.81. The van der Waals surface area contributed by atoms with Crippen molar-refractivity contribution in [1.82, 2.24) is 14.5 Å². The van der Waals surface area contributed by atoms with Gasteiger partial charge in [0.15, 0.2) is 0 Å². The highest BCUT2D eigenvalue weighted by atomic mass is 19.3. The largest absolute Gasteiger partial charge is 0.339 e. The summed E-state index contributed by atoms with van der Waals surface area (Å²) in [5, 5.41) is 0. The van der Waals surface area contributed by atoms with Gasteiger partial charge in [-0.05, 0) is 85.2 Å². The number of hydrogen-bond donors (Lipinski definition) is 0. The molecule has 8 heteroatoms. The number of benzene rings is 3. The third-order valence-corrected chi connectivity index (χ3v) is 9.18. The molecule has 1 amide bonds. The highest BCUT2D eigenvalue weighted by Crippen LogP contribution is 2.44. The van der Waals surface area contributed by atoms with Gasteiger partial charge in [-0.1, -0.05) is 42.5 Å². The first-order valence-corrected chi connectivity index (χ1v) is 15.3. The Morgan fingerprint density at radius 2 is 1.73 bits per heavy atom. The summed E-state index contributed by atoms with van der Waals surface area (Å²) in [5.74, 6) is -4.53. The van der Waals surface area contributed by atoms with E-state index in [9.17, 15) is 22.4 Å². The van der Waals surface area contributed by atoms with Crippen molar-refractivity contribution in [3.63, 3.8) is 0 Å². The predicted octanol–water partition coefficient (Wildman–Crippen LogP) is 8.97. The number of piperidine rings is 1. The van der Waals surface area contributed by atoms with Gasteiger partial charge in [-0.15, -0.1) is 0 Å². The van der Waals surface area contributed by atoms with Gasteiger partial charge in [0.2, 0.25) is 5.92 Å². The molecule has 0 unspecified atom stereocenters. The molecule has 0 bridgehead atoms. The molecule has 3 aromatic carbocycles. The fourth-order valence-electron chi connectivity index (χ4n) is 6.83. The van der Waals surface area contributed by atoms with Crippen molar-refractivity contribution in [3.8, 4) is 0 Å². The molecule has 6 rings (SSSR count). The van der Waals surface area contributed by atoms with Crippen molar-refractivity contribution in [2.24, 2.45) is 5.92 Å². The van der Waals surface area contributed by atoms with Crippen molar-refractivity contribution in [2.45, 2.75) is 70.8 Å². The Morgan fingerprint density at radius 1 is 1.00 bits per heavy atom. The summed E-state index contributed by atoms with van der Waals surface area (Å²) in [6.45, 7) is 6.40. The molecule has 230 valence electrons. The second-order valence-corrected chi connectivity index (χ2v) is 12.5. The Labute approximate surface area is 255 Å². The highest BCUT2D eigenvalue weighted by Gasteiger charge is 2.45. The average molecular weight is 604 g/mol. The number of hydrogen-bond acceptors (Lipinski definition) is 2. The number of aromatic nitrogens is 2. The summed E-state index contributed by atoms with van der Waals surface area (Å²) in [5.41, 5.74) is 5.72. The zero-order chi connectivity index (χ0) is 31.2. The van der Waals surface area contributed by atoms with E-state index in [1.807, 2.05) is 73.4 Å². The summed E-state index contributed by atoms with van der Waals surface area (Å²) in [4.78, 5) is 20.4. The lowest BCUT2D eigenvalue weighted by molar-refractivity contribution is -0.114. The van der Waals surface area contributed by atoms with Crippen molar-refractivity contribution >= 4 is 22.5 Å². The van der Waals surface area contributed by atoms with Crippen LogP contribution in [0.15, 0.2) is 72.8 Å². The Balaban J connectivity index is 1.16. The number of rotatable bonds is 7. The van der Waals surface area contributed by atoms with Crippen LogP contribution in [-0.2, 0) is 12.5 Å². The maximum absolute atomic E-state index is 14.0. The van der Waals surface area contributed by atoms with Gasteiger partial charge in [0.05, 0.1) is 11.0 Å². The van der Waals surface area contributed by atoms with E-state index in [0.29, 0.717) is 30.8 Å². The predicted molar refractivity (Wildman–Crippen MR) is 165 cm³/mol. The van der Waals surface area contributed by atoms with Gasteiger partial charge in [0.1, 0.15) is 5.82 Å². The van der Waals surface area contributed by atoms with Crippen LogP contribution in [0.5, 0.6) is 0 Å². The fraction of sp³-hybridized carbons (Fsp3) is 0.389.